The lowest BCUT2D eigenvalue weighted by molar-refractivity contribution is 0.0944. The number of amides is 1. The Hall–Kier alpha value is -2.48. The number of aryl methyl sites for hydroxylation is 3. The van der Waals surface area contributed by atoms with Crippen molar-refractivity contribution in [1.82, 2.24) is 30.1 Å². The van der Waals surface area contributed by atoms with Crippen LogP contribution in [-0.2, 0) is 7.05 Å². The summed E-state index contributed by atoms with van der Waals surface area (Å²) in [7, 11) is 1.73. The molecule has 0 aromatic carbocycles. The fourth-order valence-corrected chi connectivity index (χ4v) is 3.21. The van der Waals surface area contributed by atoms with E-state index in [-0.39, 0.29) is 11.9 Å². The zero-order valence-electron chi connectivity index (χ0n) is 13.2. The maximum absolute atomic E-state index is 12.2. The monoisotopic (exact) mass is 330 g/mol. The second-order valence-electron chi connectivity index (χ2n) is 5.43. The van der Waals surface area contributed by atoms with Crippen LogP contribution in [-0.4, -0.2) is 37.2 Å². The SMILES string of the molecule is Cc1cc(C)n(C(CNC(=O)c2cn(C)nn2)c2ccsc2)n1. The number of hydrogen-bond acceptors (Lipinski definition) is 5. The van der Waals surface area contributed by atoms with Crippen LogP contribution in [0.3, 0.4) is 0 Å². The van der Waals surface area contributed by atoms with Gasteiger partial charge in [-0.15, -0.1) is 5.10 Å². The highest BCUT2D eigenvalue weighted by Gasteiger charge is 2.19. The highest BCUT2D eigenvalue weighted by molar-refractivity contribution is 7.07. The second kappa shape index (κ2) is 6.33. The first-order valence-corrected chi connectivity index (χ1v) is 8.18. The molecule has 120 valence electrons. The molecule has 0 radical (unpaired) electrons. The van der Waals surface area contributed by atoms with Crippen LogP contribution in [0.1, 0.15) is 33.5 Å². The molecule has 3 aromatic rings. The summed E-state index contributed by atoms with van der Waals surface area (Å²) in [4.78, 5) is 12.2. The van der Waals surface area contributed by atoms with Gasteiger partial charge < -0.3 is 5.32 Å². The van der Waals surface area contributed by atoms with Gasteiger partial charge in [0.1, 0.15) is 0 Å². The zero-order valence-corrected chi connectivity index (χ0v) is 14.0. The van der Waals surface area contributed by atoms with Gasteiger partial charge in [0, 0.05) is 19.3 Å². The molecule has 3 aromatic heterocycles. The van der Waals surface area contributed by atoms with Crippen LogP contribution >= 0.6 is 11.3 Å². The summed E-state index contributed by atoms with van der Waals surface area (Å²) in [5, 5.41) is 19.2. The third-order valence-electron chi connectivity index (χ3n) is 3.56. The predicted molar refractivity (Wildman–Crippen MR) is 87.5 cm³/mol. The van der Waals surface area contributed by atoms with Crippen LogP contribution in [0.4, 0.5) is 0 Å². The Morgan fingerprint density at radius 1 is 1.43 bits per heavy atom. The number of aromatic nitrogens is 5. The average Bonchev–Trinajstić information content (AvgIpc) is 3.22. The molecular formula is C15H18N6OS. The van der Waals surface area contributed by atoms with E-state index in [0.717, 1.165) is 17.0 Å². The highest BCUT2D eigenvalue weighted by atomic mass is 32.1. The summed E-state index contributed by atoms with van der Waals surface area (Å²) in [6.45, 7) is 4.42. The van der Waals surface area contributed by atoms with E-state index in [1.165, 1.54) is 4.68 Å². The molecule has 1 amide bonds. The van der Waals surface area contributed by atoms with Crippen molar-refractivity contribution in [2.45, 2.75) is 19.9 Å². The lowest BCUT2D eigenvalue weighted by Crippen LogP contribution is -2.32. The molecule has 8 heteroatoms. The minimum atomic E-state index is -0.236. The topological polar surface area (TPSA) is 77.6 Å². The molecule has 0 saturated heterocycles. The molecule has 0 aliphatic carbocycles. The van der Waals surface area contributed by atoms with E-state index in [1.807, 2.05) is 30.0 Å². The third-order valence-corrected chi connectivity index (χ3v) is 4.26. The number of nitrogens with zero attached hydrogens (tertiary/aromatic N) is 5. The Morgan fingerprint density at radius 3 is 2.83 bits per heavy atom. The van der Waals surface area contributed by atoms with Crippen molar-refractivity contribution < 1.29 is 4.79 Å². The molecule has 7 nitrogen and oxygen atoms in total. The van der Waals surface area contributed by atoms with E-state index in [0.29, 0.717) is 12.2 Å². The first kappa shape index (κ1) is 15.4. The van der Waals surface area contributed by atoms with Crippen molar-refractivity contribution in [3.05, 3.63) is 51.7 Å². The van der Waals surface area contributed by atoms with Crippen LogP contribution in [0, 0.1) is 13.8 Å². The molecule has 0 fully saturated rings. The van der Waals surface area contributed by atoms with Gasteiger partial charge in [-0.3, -0.25) is 14.2 Å². The lowest BCUT2D eigenvalue weighted by atomic mass is 10.1. The summed E-state index contributed by atoms with van der Waals surface area (Å²) >= 11 is 1.63. The van der Waals surface area contributed by atoms with Crippen molar-refractivity contribution >= 4 is 17.2 Å². The molecule has 0 saturated carbocycles. The quantitative estimate of drug-likeness (QED) is 0.772. The number of thiophene rings is 1. The standard InChI is InChI=1S/C15H18N6OS/c1-10-6-11(2)21(18-10)14(12-4-5-23-9-12)7-16-15(22)13-8-20(3)19-17-13/h4-6,8-9,14H,7H2,1-3H3,(H,16,22). The number of carbonyl (C=O) groups is 1. The molecular weight excluding hydrogens is 312 g/mol. The molecule has 0 aliphatic rings. The van der Waals surface area contributed by atoms with Crippen molar-refractivity contribution in [3.63, 3.8) is 0 Å². The minimum absolute atomic E-state index is 0.0458. The fourth-order valence-electron chi connectivity index (χ4n) is 2.50. The molecule has 0 spiro atoms. The number of hydrogen-bond donors (Lipinski definition) is 1. The van der Waals surface area contributed by atoms with Crippen molar-refractivity contribution in [3.8, 4) is 0 Å². The van der Waals surface area contributed by atoms with Crippen molar-refractivity contribution in [2.75, 3.05) is 6.54 Å². The number of nitrogens with one attached hydrogen (secondary N) is 1. The van der Waals surface area contributed by atoms with Gasteiger partial charge in [0.25, 0.3) is 5.91 Å². The molecule has 23 heavy (non-hydrogen) atoms. The summed E-state index contributed by atoms with van der Waals surface area (Å²) in [6, 6.07) is 4.04. The maximum Gasteiger partial charge on any atom is 0.273 e. The van der Waals surface area contributed by atoms with E-state index in [4.69, 9.17) is 0 Å². The summed E-state index contributed by atoms with van der Waals surface area (Å²) in [6.07, 6.45) is 1.60. The van der Waals surface area contributed by atoms with Gasteiger partial charge in [-0.1, -0.05) is 5.21 Å². The van der Waals surface area contributed by atoms with Gasteiger partial charge in [0.05, 0.1) is 17.9 Å². The largest absolute Gasteiger partial charge is 0.348 e. The average molecular weight is 330 g/mol. The first-order chi connectivity index (χ1) is 11.0. The van der Waals surface area contributed by atoms with Crippen LogP contribution < -0.4 is 5.32 Å². The van der Waals surface area contributed by atoms with Crippen LogP contribution in [0.2, 0.25) is 0 Å². The Kier molecular flexibility index (Phi) is 4.24. The third kappa shape index (κ3) is 3.31. The molecule has 3 rings (SSSR count). The highest BCUT2D eigenvalue weighted by Crippen LogP contribution is 2.22. The van der Waals surface area contributed by atoms with Gasteiger partial charge in [0.15, 0.2) is 5.69 Å². The summed E-state index contributed by atoms with van der Waals surface area (Å²) in [5.74, 6) is -0.236. The van der Waals surface area contributed by atoms with E-state index >= 15 is 0 Å². The van der Waals surface area contributed by atoms with Gasteiger partial charge in [-0.2, -0.15) is 16.4 Å². The molecule has 0 bridgehead atoms. The Balaban J connectivity index is 1.80. The van der Waals surface area contributed by atoms with E-state index in [9.17, 15) is 4.79 Å². The van der Waals surface area contributed by atoms with Crippen LogP contribution in [0.5, 0.6) is 0 Å². The minimum Gasteiger partial charge on any atom is -0.348 e. The second-order valence-corrected chi connectivity index (χ2v) is 6.21. The summed E-state index contributed by atoms with van der Waals surface area (Å²) in [5.41, 5.74) is 3.46. The number of carbonyl (C=O) groups excluding carboxylic acids is 1. The van der Waals surface area contributed by atoms with Gasteiger partial charge in [-0.05, 0) is 42.3 Å². The Morgan fingerprint density at radius 2 is 2.26 bits per heavy atom. The van der Waals surface area contributed by atoms with E-state index in [1.54, 1.807) is 24.6 Å². The van der Waals surface area contributed by atoms with Crippen molar-refractivity contribution in [1.29, 1.82) is 0 Å². The normalized spacial score (nSPS) is 12.3. The number of rotatable bonds is 5. The van der Waals surface area contributed by atoms with Gasteiger partial charge >= 0.3 is 0 Å². The van der Waals surface area contributed by atoms with E-state index in [2.05, 4.69) is 32.2 Å². The first-order valence-electron chi connectivity index (χ1n) is 7.24. The predicted octanol–water partition coefficient (Wildman–Crippen LogP) is 1.71. The van der Waals surface area contributed by atoms with Crippen molar-refractivity contribution in [2.24, 2.45) is 7.05 Å². The smallest absolute Gasteiger partial charge is 0.273 e. The summed E-state index contributed by atoms with van der Waals surface area (Å²) < 4.78 is 3.46. The van der Waals surface area contributed by atoms with Crippen LogP contribution in [0.15, 0.2) is 29.1 Å². The maximum atomic E-state index is 12.2. The zero-order chi connectivity index (χ0) is 16.4. The molecule has 1 atom stereocenters. The van der Waals surface area contributed by atoms with Crippen LogP contribution in [0.25, 0.3) is 0 Å². The Bertz CT molecular complexity index is 804. The molecule has 1 unspecified atom stereocenters. The van der Waals surface area contributed by atoms with Gasteiger partial charge in [-0.25, -0.2) is 0 Å². The molecule has 3 heterocycles. The van der Waals surface area contributed by atoms with E-state index < -0.39 is 0 Å². The molecule has 1 N–H and O–H groups in total. The fraction of sp³-hybridized carbons (Fsp3) is 0.333. The lowest BCUT2D eigenvalue weighted by Gasteiger charge is -2.19. The molecule has 0 aliphatic heterocycles. The van der Waals surface area contributed by atoms with Gasteiger partial charge in [0.2, 0.25) is 0 Å². The Labute approximate surface area is 137 Å².